The maximum absolute atomic E-state index is 12.1. The molecule has 0 aliphatic carbocycles. The first-order valence-electron chi connectivity index (χ1n) is 8.26. The lowest BCUT2D eigenvalue weighted by molar-refractivity contribution is -0.123. The number of nitrogens with one attached hydrogen (secondary N) is 1. The Labute approximate surface area is 152 Å². The van der Waals surface area contributed by atoms with Crippen molar-refractivity contribution in [3.63, 3.8) is 0 Å². The second kappa shape index (κ2) is 6.71. The van der Waals surface area contributed by atoms with Gasteiger partial charge < -0.3 is 19.2 Å². The van der Waals surface area contributed by atoms with E-state index in [-0.39, 0.29) is 5.91 Å². The molecular weight excluding hydrogens is 332 g/mol. The Morgan fingerprint density at radius 2 is 1.77 bits per heavy atom. The van der Waals surface area contributed by atoms with E-state index >= 15 is 0 Å². The number of benzene rings is 2. The fourth-order valence-electron chi connectivity index (χ4n) is 2.42. The lowest BCUT2D eigenvalue weighted by Gasteiger charge is -2.17. The van der Waals surface area contributed by atoms with Gasteiger partial charge in [0.25, 0.3) is 0 Å². The third-order valence-electron chi connectivity index (χ3n) is 3.96. The minimum atomic E-state index is -0.469. The molecule has 0 spiro atoms. The first-order valence-corrected chi connectivity index (χ1v) is 8.26. The monoisotopic (exact) mass is 354 g/mol. The number of anilines is 1. The summed E-state index contributed by atoms with van der Waals surface area (Å²) in [5, 5.41) is 2.90. The lowest BCUT2D eigenvalue weighted by atomic mass is 9.95. The molecule has 0 atom stereocenters. The molecule has 2 aromatic carbocycles. The zero-order valence-corrected chi connectivity index (χ0v) is 15.5. The van der Waals surface area contributed by atoms with E-state index in [1.54, 1.807) is 38.5 Å². The Morgan fingerprint density at radius 3 is 2.42 bits per heavy atom. The molecule has 0 radical (unpaired) electrons. The number of fused-ring (bicyclic) bond motifs is 1. The fourth-order valence-corrected chi connectivity index (χ4v) is 2.42. The molecule has 0 saturated heterocycles. The number of methoxy groups -OCH3 is 2. The van der Waals surface area contributed by atoms with Crippen molar-refractivity contribution in [2.45, 2.75) is 20.8 Å². The first kappa shape index (κ1) is 17.8. The van der Waals surface area contributed by atoms with Crippen LogP contribution < -0.4 is 14.8 Å². The molecule has 0 saturated carbocycles. The van der Waals surface area contributed by atoms with Crippen molar-refractivity contribution in [2.24, 2.45) is 5.41 Å². The Hall–Kier alpha value is -3.02. The maximum Gasteiger partial charge on any atom is 0.229 e. The van der Waals surface area contributed by atoms with Crippen LogP contribution in [0.25, 0.3) is 22.6 Å². The van der Waals surface area contributed by atoms with Crippen molar-refractivity contribution in [1.29, 1.82) is 0 Å². The summed E-state index contributed by atoms with van der Waals surface area (Å²) in [4.78, 5) is 16.7. The highest BCUT2D eigenvalue weighted by molar-refractivity contribution is 5.96. The Bertz CT molecular complexity index is 954. The maximum atomic E-state index is 12.1. The summed E-state index contributed by atoms with van der Waals surface area (Å²) in [6, 6.07) is 10.9. The summed E-state index contributed by atoms with van der Waals surface area (Å²) >= 11 is 0. The van der Waals surface area contributed by atoms with Crippen molar-refractivity contribution < 1.29 is 18.7 Å². The molecule has 0 fully saturated rings. The van der Waals surface area contributed by atoms with Gasteiger partial charge in [-0.1, -0.05) is 20.8 Å². The largest absolute Gasteiger partial charge is 0.493 e. The van der Waals surface area contributed by atoms with Crippen LogP contribution in [0.3, 0.4) is 0 Å². The molecule has 0 bridgehead atoms. The quantitative estimate of drug-likeness (QED) is 0.747. The zero-order chi connectivity index (χ0) is 18.9. The van der Waals surface area contributed by atoms with Gasteiger partial charge in [-0.05, 0) is 36.4 Å². The topological polar surface area (TPSA) is 73.6 Å². The second-order valence-electron chi connectivity index (χ2n) is 6.98. The molecule has 1 amide bonds. The van der Waals surface area contributed by atoms with E-state index in [1.807, 2.05) is 32.9 Å². The SMILES string of the molecule is COc1ccc(-c2nc3cc(NC(=O)C(C)(C)C)ccc3o2)cc1OC. The van der Waals surface area contributed by atoms with Gasteiger partial charge in [0.05, 0.1) is 14.2 Å². The average molecular weight is 354 g/mol. The Balaban J connectivity index is 1.94. The van der Waals surface area contributed by atoms with Gasteiger partial charge in [-0.25, -0.2) is 4.98 Å². The van der Waals surface area contributed by atoms with Crippen LogP contribution in [0.15, 0.2) is 40.8 Å². The molecule has 1 heterocycles. The van der Waals surface area contributed by atoms with Crippen molar-refractivity contribution in [3.05, 3.63) is 36.4 Å². The number of amides is 1. The molecular formula is C20H22N2O4. The van der Waals surface area contributed by atoms with Gasteiger partial charge in [0.1, 0.15) is 5.52 Å². The molecule has 0 aliphatic heterocycles. The smallest absolute Gasteiger partial charge is 0.229 e. The van der Waals surface area contributed by atoms with Crippen LogP contribution in [-0.4, -0.2) is 25.1 Å². The van der Waals surface area contributed by atoms with Crippen LogP contribution in [0.4, 0.5) is 5.69 Å². The highest BCUT2D eigenvalue weighted by atomic mass is 16.5. The molecule has 6 heteroatoms. The van der Waals surface area contributed by atoms with E-state index in [0.717, 1.165) is 5.56 Å². The molecule has 1 aromatic heterocycles. The number of nitrogens with zero attached hydrogens (tertiary/aromatic N) is 1. The van der Waals surface area contributed by atoms with Crippen molar-refractivity contribution in [1.82, 2.24) is 4.98 Å². The minimum Gasteiger partial charge on any atom is -0.493 e. The van der Waals surface area contributed by atoms with Gasteiger partial charge in [0.2, 0.25) is 11.8 Å². The van der Waals surface area contributed by atoms with E-state index in [1.165, 1.54) is 0 Å². The highest BCUT2D eigenvalue weighted by Gasteiger charge is 2.21. The molecule has 3 rings (SSSR count). The average Bonchev–Trinajstić information content (AvgIpc) is 3.03. The van der Waals surface area contributed by atoms with E-state index < -0.39 is 5.41 Å². The lowest BCUT2D eigenvalue weighted by Crippen LogP contribution is -2.27. The van der Waals surface area contributed by atoms with E-state index in [0.29, 0.717) is 34.2 Å². The fraction of sp³-hybridized carbons (Fsp3) is 0.300. The predicted molar refractivity (Wildman–Crippen MR) is 101 cm³/mol. The van der Waals surface area contributed by atoms with Gasteiger partial charge in [-0.2, -0.15) is 0 Å². The van der Waals surface area contributed by atoms with Gasteiger partial charge in [-0.15, -0.1) is 0 Å². The molecule has 0 unspecified atom stereocenters. The molecule has 0 aliphatic rings. The summed E-state index contributed by atoms with van der Waals surface area (Å²) in [5.41, 5.74) is 2.30. The van der Waals surface area contributed by atoms with E-state index in [9.17, 15) is 4.79 Å². The number of ether oxygens (including phenoxy) is 2. The highest BCUT2D eigenvalue weighted by Crippen LogP contribution is 2.33. The number of rotatable bonds is 4. The first-order chi connectivity index (χ1) is 12.3. The summed E-state index contributed by atoms with van der Waals surface area (Å²) < 4.78 is 16.4. The standard InChI is InChI=1S/C20H22N2O4/c1-20(2,3)19(23)21-13-7-9-15-14(11-13)22-18(26-15)12-6-8-16(24-4)17(10-12)25-5/h6-11H,1-5H3,(H,21,23). The minimum absolute atomic E-state index is 0.0551. The Kier molecular flexibility index (Phi) is 4.59. The van der Waals surface area contributed by atoms with Gasteiger partial charge in [0.15, 0.2) is 17.1 Å². The predicted octanol–water partition coefficient (Wildman–Crippen LogP) is 4.50. The molecule has 6 nitrogen and oxygen atoms in total. The van der Waals surface area contributed by atoms with Crippen LogP contribution in [0.1, 0.15) is 20.8 Å². The van der Waals surface area contributed by atoms with Gasteiger partial charge in [0, 0.05) is 16.7 Å². The molecule has 3 aromatic rings. The summed E-state index contributed by atoms with van der Waals surface area (Å²) in [7, 11) is 3.17. The Morgan fingerprint density at radius 1 is 1.04 bits per heavy atom. The molecule has 1 N–H and O–H groups in total. The van der Waals surface area contributed by atoms with E-state index in [2.05, 4.69) is 10.3 Å². The van der Waals surface area contributed by atoms with Crippen molar-refractivity contribution in [3.8, 4) is 23.0 Å². The normalized spacial score (nSPS) is 11.4. The van der Waals surface area contributed by atoms with Gasteiger partial charge >= 0.3 is 0 Å². The molecule has 26 heavy (non-hydrogen) atoms. The number of hydrogen-bond acceptors (Lipinski definition) is 5. The van der Waals surface area contributed by atoms with Crippen LogP contribution in [-0.2, 0) is 4.79 Å². The van der Waals surface area contributed by atoms with Crippen molar-refractivity contribution in [2.75, 3.05) is 19.5 Å². The summed E-state index contributed by atoms with van der Waals surface area (Å²) in [5.74, 6) is 1.66. The number of carbonyl (C=O) groups excluding carboxylic acids is 1. The van der Waals surface area contributed by atoms with Crippen molar-refractivity contribution >= 4 is 22.7 Å². The molecule has 136 valence electrons. The third kappa shape index (κ3) is 3.49. The zero-order valence-electron chi connectivity index (χ0n) is 15.5. The second-order valence-corrected chi connectivity index (χ2v) is 6.98. The van der Waals surface area contributed by atoms with Crippen LogP contribution in [0.2, 0.25) is 0 Å². The van der Waals surface area contributed by atoms with Crippen LogP contribution >= 0.6 is 0 Å². The van der Waals surface area contributed by atoms with Crippen LogP contribution in [0, 0.1) is 5.41 Å². The third-order valence-corrected chi connectivity index (χ3v) is 3.96. The summed E-state index contributed by atoms with van der Waals surface area (Å²) in [6.45, 7) is 5.60. The van der Waals surface area contributed by atoms with Gasteiger partial charge in [-0.3, -0.25) is 4.79 Å². The number of carbonyl (C=O) groups is 1. The van der Waals surface area contributed by atoms with E-state index in [4.69, 9.17) is 13.9 Å². The number of hydrogen-bond donors (Lipinski definition) is 1. The number of oxazole rings is 1. The summed E-state index contributed by atoms with van der Waals surface area (Å²) in [6.07, 6.45) is 0. The number of aromatic nitrogens is 1. The van der Waals surface area contributed by atoms with Crippen LogP contribution in [0.5, 0.6) is 11.5 Å².